The molecule has 0 aliphatic rings. The topological polar surface area (TPSA) is 80.4 Å². The Hall–Kier alpha value is -1.29. The number of carbonyl (C=O) groups is 1. The van der Waals surface area contributed by atoms with Gasteiger partial charge >= 0.3 is 5.97 Å². The molecule has 0 aliphatic carbocycles. The molecule has 0 heterocycles. The molecule has 1 aromatic carbocycles. The SMILES string of the molecule is O=C(O)c1cccc([N+](=O)[O-])c1.[Zn]. The predicted molar refractivity (Wildman–Crippen MR) is 40.1 cm³/mol. The molecule has 0 aliphatic heterocycles. The van der Waals surface area contributed by atoms with E-state index in [1.54, 1.807) is 0 Å². The summed E-state index contributed by atoms with van der Waals surface area (Å²) in [6.45, 7) is 0. The summed E-state index contributed by atoms with van der Waals surface area (Å²) in [5.74, 6) is -1.17. The fourth-order valence-corrected chi connectivity index (χ4v) is 0.753. The Morgan fingerprint density at radius 1 is 1.46 bits per heavy atom. The summed E-state index contributed by atoms with van der Waals surface area (Å²) in [5.41, 5.74) is -0.292. The quantitative estimate of drug-likeness (QED) is 0.473. The Balaban J connectivity index is 0.00000144. The van der Waals surface area contributed by atoms with Gasteiger partial charge in [-0.05, 0) is 6.07 Å². The minimum Gasteiger partial charge on any atom is -0.478 e. The third-order valence-electron chi connectivity index (χ3n) is 1.30. The van der Waals surface area contributed by atoms with Crippen molar-refractivity contribution in [2.45, 2.75) is 0 Å². The van der Waals surface area contributed by atoms with Crippen LogP contribution in [0.25, 0.3) is 0 Å². The van der Waals surface area contributed by atoms with Crippen molar-refractivity contribution in [3.8, 4) is 0 Å². The molecule has 0 bridgehead atoms. The first kappa shape index (κ1) is 11.7. The van der Waals surface area contributed by atoms with E-state index in [0.29, 0.717) is 0 Å². The molecule has 64 valence electrons. The van der Waals surface area contributed by atoms with Crippen molar-refractivity contribution in [2.24, 2.45) is 0 Å². The Labute approximate surface area is 86.3 Å². The van der Waals surface area contributed by atoms with Crippen LogP contribution < -0.4 is 0 Å². The molecule has 0 amide bonds. The maximum absolute atomic E-state index is 10.4. The van der Waals surface area contributed by atoms with Gasteiger partial charge in [-0.15, -0.1) is 0 Å². The maximum Gasteiger partial charge on any atom is 0.335 e. The van der Waals surface area contributed by atoms with Gasteiger partial charge in [0.15, 0.2) is 0 Å². The number of non-ortho nitro benzene ring substituents is 1. The van der Waals surface area contributed by atoms with Crippen LogP contribution in [0, 0.1) is 10.1 Å². The van der Waals surface area contributed by atoms with E-state index < -0.39 is 10.9 Å². The zero-order valence-corrected chi connectivity index (χ0v) is 9.60. The Kier molecular flexibility index (Phi) is 4.21. The molecule has 6 heteroatoms. The van der Waals surface area contributed by atoms with E-state index in [0.717, 1.165) is 6.07 Å². The largest absolute Gasteiger partial charge is 0.478 e. The first-order valence-corrected chi connectivity index (χ1v) is 3.09. The fourth-order valence-electron chi connectivity index (χ4n) is 0.753. The molecule has 0 radical (unpaired) electrons. The van der Waals surface area contributed by atoms with Crippen LogP contribution in [0.3, 0.4) is 0 Å². The van der Waals surface area contributed by atoms with Gasteiger partial charge in [-0.25, -0.2) is 4.79 Å². The molecule has 0 saturated heterocycles. The zero-order valence-electron chi connectivity index (χ0n) is 6.64. The summed E-state index contributed by atoms with van der Waals surface area (Å²) in [4.78, 5) is 19.9. The first-order valence-electron chi connectivity index (χ1n) is 3.09. The van der Waals surface area contributed by atoms with Crippen LogP contribution in [-0.4, -0.2) is 16.0 Å². The van der Waals surface area contributed by atoms with E-state index in [1.807, 2.05) is 0 Å². The van der Waals surface area contributed by atoms with E-state index in [2.05, 4.69) is 0 Å². The molecule has 1 rings (SSSR count). The molecule has 1 N–H and O–H groups in total. The molecule has 0 fully saturated rings. The summed E-state index contributed by atoms with van der Waals surface area (Å²) in [6, 6.07) is 4.89. The molecule has 13 heavy (non-hydrogen) atoms. The van der Waals surface area contributed by atoms with Crippen molar-refractivity contribution in [3.05, 3.63) is 39.9 Å². The number of nitrogens with zero attached hydrogens (tertiary/aromatic N) is 1. The number of aromatic carboxylic acids is 1. The second kappa shape index (κ2) is 4.67. The van der Waals surface area contributed by atoms with Crippen molar-refractivity contribution >= 4 is 11.7 Å². The van der Waals surface area contributed by atoms with Gasteiger partial charge in [0, 0.05) is 31.6 Å². The van der Waals surface area contributed by atoms with Crippen molar-refractivity contribution in [3.63, 3.8) is 0 Å². The second-order valence-electron chi connectivity index (χ2n) is 2.11. The van der Waals surface area contributed by atoms with Crippen LogP contribution in [0.4, 0.5) is 5.69 Å². The van der Waals surface area contributed by atoms with Crippen LogP contribution >= 0.6 is 0 Å². The number of rotatable bonds is 2. The Morgan fingerprint density at radius 3 is 2.54 bits per heavy atom. The summed E-state index contributed by atoms with van der Waals surface area (Å²) in [6.07, 6.45) is 0. The third-order valence-corrected chi connectivity index (χ3v) is 1.30. The van der Waals surface area contributed by atoms with Gasteiger partial charge in [0.2, 0.25) is 0 Å². The number of hydrogen-bond acceptors (Lipinski definition) is 3. The minimum atomic E-state index is -1.17. The standard InChI is InChI=1S/C7H5NO4.Zn/c9-7(10)5-2-1-3-6(4-5)8(11)12;/h1-4H,(H,9,10);. The second-order valence-corrected chi connectivity index (χ2v) is 2.11. The molecule has 5 nitrogen and oxygen atoms in total. The number of nitro groups is 1. The van der Waals surface area contributed by atoms with E-state index in [9.17, 15) is 14.9 Å². The van der Waals surface area contributed by atoms with Gasteiger partial charge in [0.25, 0.3) is 5.69 Å². The summed E-state index contributed by atoms with van der Waals surface area (Å²) < 4.78 is 0. The van der Waals surface area contributed by atoms with Gasteiger partial charge in [0.1, 0.15) is 0 Å². The van der Waals surface area contributed by atoms with Crippen LogP contribution in [0.15, 0.2) is 24.3 Å². The number of carboxylic acid groups (broad SMARTS) is 1. The average Bonchev–Trinajstić information content (AvgIpc) is 2.04. The number of benzene rings is 1. The number of carboxylic acids is 1. The summed E-state index contributed by atoms with van der Waals surface area (Å²) in [5, 5.41) is 18.7. The van der Waals surface area contributed by atoms with Crippen LogP contribution in [0.1, 0.15) is 10.4 Å². The van der Waals surface area contributed by atoms with E-state index in [-0.39, 0.29) is 30.7 Å². The summed E-state index contributed by atoms with van der Waals surface area (Å²) in [7, 11) is 0. The molecule has 0 aromatic heterocycles. The molecule has 0 spiro atoms. The van der Waals surface area contributed by atoms with Crippen LogP contribution in [-0.2, 0) is 19.5 Å². The predicted octanol–water partition coefficient (Wildman–Crippen LogP) is 1.29. The summed E-state index contributed by atoms with van der Waals surface area (Å²) >= 11 is 0. The first-order chi connectivity index (χ1) is 5.61. The monoisotopic (exact) mass is 231 g/mol. The molecule has 1 aromatic rings. The van der Waals surface area contributed by atoms with Crippen LogP contribution in [0.5, 0.6) is 0 Å². The van der Waals surface area contributed by atoms with Gasteiger partial charge in [-0.3, -0.25) is 10.1 Å². The Morgan fingerprint density at radius 2 is 2.08 bits per heavy atom. The van der Waals surface area contributed by atoms with Crippen molar-refractivity contribution in [1.82, 2.24) is 0 Å². The van der Waals surface area contributed by atoms with E-state index in [4.69, 9.17) is 5.11 Å². The number of nitro benzene ring substituents is 1. The molecule has 0 unspecified atom stereocenters. The molecule has 0 saturated carbocycles. The van der Waals surface area contributed by atoms with Crippen molar-refractivity contribution in [1.29, 1.82) is 0 Å². The minimum absolute atomic E-state index is 0. The normalized spacial score (nSPS) is 8.62. The molecular formula is C7H5NO4Zn. The smallest absolute Gasteiger partial charge is 0.335 e. The van der Waals surface area contributed by atoms with Crippen LogP contribution in [0.2, 0.25) is 0 Å². The fraction of sp³-hybridized carbons (Fsp3) is 0. The number of hydrogen-bond donors (Lipinski definition) is 1. The van der Waals surface area contributed by atoms with Gasteiger partial charge < -0.3 is 5.11 Å². The van der Waals surface area contributed by atoms with Gasteiger partial charge in [-0.2, -0.15) is 0 Å². The third kappa shape index (κ3) is 2.91. The maximum atomic E-state index is 10.4. The van der Waals surface area contributed by atoms with Crippen molar-refractivity contribution < 1.29 is 34.3 Å². The van der Waals surface area contributed by atoms with Crippen molar-refractivity contribution in [2.75, 3.05) is 0 Å². The van der Waals surface area contributed by atoms with E-state index in [1.165, 1.54) is 18.2 Å². The van der Waals surface area contributed by atoms with Gasteiger partial charge in [-0.1, -0.05) is 6.07 Å². The van der Waals surface area contributed by atoms with E-state index >= 15 is 0 Å². The average molecular weight is 233 g/mol. The molecular weight excluding hydrogens is 227 g/mol. The zero-order chi connectivity index (χ0) is 9.14. The Bertz CT molecular complexity index is 310. The molecule has 0 atom stereocenters. The van der Waals surface area contributed by atoms with Gasteiger partial charge in [0.05, 0.1) is 10.5 Å².